The molecule has 0 bridgehead atoms. The van der Waals surface area contributed by atoms with Crippen LogP contribution in [-0.4, -0.2) is 16.8 Å². The van der Waals surface area contributed by atoms with Gasteiger partial charge in [-0.3, -0.25) is 9.59 Å². The van der Waals surface area contributed by atoms with Crippen LogP contribution in [0, 0.1) is 5.41 Å². The molecule has 0 radical (unpaired) electrons. The Balaban J connectivity index is 1.77. The highest BCUT2D eigenvalue weighted by atomic mass is 32.1. The van der Waals surface area contributed by atoms with Crippen LogP contribution in [0.4, 0.5) is 10.8 Å². The number of benzene rings is 2. The van der Waals surface area contributed by atoms with Crippen LogP contribution in [0.2, 0.25) is 0 Å². The average Bonchev–Trinajstić information content (AvgIpc) is 3.27. The summed E-state index contributed by atoms with van der Waals surface area (Å²) in [5.41, 5.74) is 3.37. The highest BCUT2D eigenvalue weighted by molar-refractivity contribution is 7.13. The van der Waals surface area contributed by atoms with Crippen molar-refractivity contribution in [2.75, 3.05) is 10.6 Å². The zero-order chi connectivity index (χ0) is 19.7. The van der Waals surface area contributed by atoms with Crippen LogP contribution in [0.25, 0.3) is 0 Å². The molecule has 1 heterocycles. The largest absolute Gasteiger partial charge is 0.326 e. The molecule has 28 heavy (non-hydrogen) atoms. The number of carbonyl (C=O) groups is 2. The van der Waals surface area contributed by atoms with Gasteiger partial charge in [0.05, 0.1) is 5.41 Å². The molecule has 0 aliphatic heterocycles. The summed E-state index contributed by atoms with van der Waals surface area (Å²) < 4.78 is 0. The predicted molar refractivity (Wildman–Crippen MR) is 112 cm³/mol. The number of hydrogen-bond acceptors (Lipinski definition) is 4. The molecule has 2 aromatic carbocycles. The van der Waals surface area contributed by atoms with E-state index in [1.165, 1.54) is 18.3 Å². The van der Waals surface area contributed by atoms with Crippen LogP contribution in [0.15, 0.2) is 60.1 Å². The smallest absolute Gasteiger partial charge is 0.233 e. The first-order valence-corrected chi connectivity index (χ1v) is 10.0. The van der Waals surface area contributed by atoms with Crippen molar-refractivity contribution >= 4 is 34.0 Å². The van der Waals surface area contributed by atoms with Gasteiger partial charge in [-0.25, -0.2) is 4.98 Å². The number of amides is 2. The Labute approximate surface area is 167 Å². The molecule has 3 aromatic rings. The third-order valence-corrected chi connectivity index (χ3v) is 5.96. The van der Waals surface area contributed by atoms with E-state index in [0.29, 0.717) is 11.6 Å². The molecule has 1 aromatic heterocycles. The maximum atomic E-state index is 13.3. The van der Waals surface area contributed by atoms with Crippen LogP contribution in [-0.2, 0) is 16.0 Å². The fourth-order valence-corrected chi connectivity index (χ4v) is 4.60. The lowest BCUT2D eigenvalue weighted by molar-refractivity contribution is -0.125. The fraction of sp³-hybridized carbons (Fsp3) is 0.227. The molecular weight excluding hydrogens is 370 g/mol. The molecule has 0 unspecified atom stereocenters. The summed E-state index contributed by atoms with van der Waals surface area (Å²) >= 11 is 1.41. The Hall–Kier alpha value is -2.99. The molecule has 142 valence electrons. The van der Waals surface area contributed by atoms with Crippen LogP contribution in [0.5, 0.6) is 0 Å². The molecule has 2 amide bonds. The Bertz CT molecular complexity index is 1020. The molecule has 1 aliphatic carbocycles. The summed E-state index contributed by atoms with van der Waals surface area (Å²) in [6.45, 7) is 3.50. The van der Waals surface area contributed by atoms with E-state index in [9.17, 15) is 9.59 Å². The van der Waals surface area contributed by atoms with Crippen LogP contribution in [0.3, 0.4) is 0 Å². The van der Waals surface area contributed by atoms with Crippen molar-refractivity contribution < 1.29 is 9.59 Å². The first kappa shape index (κ1) is 18.4. The molecule has 2 N–H and O–H groups in total. The quantitative estimate of drug-likeness (QED) is 0.691. The molecule has 0 saturated carbocycles. The van der Waals surface area contributed by atoms with Crippen molar-refractivity contribution in [2.24, 2.45) is 5.41 Å². The van der Waals surface area contributed by atoms with Gasteiger partial charge in [-0.05, 0) is 42.2 Å². The lowest BCUT2D eigenvalue weighted by atomic mass is 9.73. The van der Waals surface area contributed by atoms with Crippen molar-refractivity contribution in [1.29, 1.82) is 0 Å². The highest BCUT2D eigenvalue weighted by Crippen LogP contribution is 2.51. The molecular formula is C22H21N3O2S. The van der Waals surface area contributed by atoms with Crippen LogP contribution in [0.1, 0.15) is 36.5 Å². The molecule has 0 fully saturated rings. The van der Waals surface area contributed by atoms with E-state index in [2.05, 4.69) is 27.8 Å². The van der Waals surface area contributed by atoms with E-state index in [4.69, 9.17) is 0 Å². The molecule has 5 nitrogen and oxygen atoms in total. The van der Waals surface area contributed by atoms with Crippen molar-refractivity contribution in [1.82, 2.24) is 4.98 Å². The minimum absolute atomic E-state index is 0.0476. The van der Waals surface area contributed by atoms with Gasteiger partial charge < -0.3 is 10.6 Å². The Morgan fingerprint density at radius 1 is 1.14 bits per heavy atom. The van der Waals surface area contributed by atoms with E-state index < -0.39 is 5.41 Å². The zero-order valence-corrected chi connectivity index (χ0v) is 16.5. The SMILES string of the molecule is CC(=O)Nc1ccc2c(c1)[C@H](c1ccccc1)[C@](C)(C(=O)Nc1nccs1)C2. The second kappa shape index (κ2) is 7.20. The third-order valence-electron chi connectivity index (χ3n) is 5.28. The topological polar surface area (TPSA) is 71.1 Å². The summed E-state index contributed by atoms with van der Waals surface area (Å²) in [5, 5.41) is 8.28. The van der Waals surface area contributed by atoms with Crippen LogP contribution >= 0.6 is 11.3 Å². The van der Waals surface area contributed by atoms with E-state index in [0.717, 1.165) is 22.4 Å². The summed E-state index contributed by atoms with van der Waals surface area (Å²) in [6.07, 6.45) is 2.31. The number of aromatic nitrogens is 1. The van der Waals surface area contributed by atoms with E-state index in [1.54, 1.807) is 6.20 Å². The predicted octanol–water partition coefficient (Wildman–Crippen LogP) is 4.43. The lowest BCUT2D eigenvalue weighted by Gasteiger charge is -2.31. The maximum Gasteiger partial charge on any atom is 0.233 e. The maximum absolute atomic E-state index is 13.3. The minimum atomic E-state index is -0.662. The van der Waals surface area contributed by atoms with Gasteiger partial charge >= 0.3 is 0 Å². The van der Waals surface area contributed by atoms with Crippen molar-refractivity contribution in [3.63, 3.8) is 0 Å². The number of thiazole rings is 1. The molecule has 6 heteroatoms. The Morgan fingerprint density at radius 2 is 1.93 bits per heavy atom. The number of rotatable bonds is 4. The number of nitrogens with one attached hydrogen (secondary N) is 2. The van der Waals surface area contributed by atoms with Crippen LogP contribution < -0.4 is 10.6 Å². The summed E-state index contributed by atoms with van der Waals surface area (Å²) in [7, 11) is 0. The molecule has 0 spiro atoms. The van der Waals surface area contributed by atoms with Gasteiger partial charge in [-0.15, -0.1) is 11.3 Å². The standard InChI is InChI=1S/C22H21N3O2S/c1-14(26)24-17-9-8-16-13-22(2,20(27)25-21-23-10-11-28-21)19(18(16)12-17)15-6-4-3-5-7-15/h3-12,19H,13H2,1-2H3,(H,24,26)(H,23,25,27)/t19-,22+/m0/s1. The number of hydrogen-bond donors (Lipinski definition) is 2. The second-order valence-corrected chi connectivity index (χ2v) is 8.22. The van der Waals surface area contributed by atoms with E-state index in [1.807, 2.05) is 48.7 Å². The molecule has 0 saturated heterocycles. The van der Waals surface area contributed by atoms with Crippen molar-refractivity contribution in [3.8, 4) is 0 Å². The van der Waals surface area contributed by atoms with E-state index >= 15 is 0 Å². The van der Waals surface area contributed by atoms with Gasteiger partial charge in [0.25, 0.3) is 0 Å². The number of fused-ring (bicyclic) bond motifs is 1. The molecule has 1 aliphatic rings. The number of carbonyl (C=O) groups excluding carboxylic acids is 2. The average molecular weight is 391 g/mol. The van der Waals surface area contributed by atoms with Gasteiger partial charge in [-0.1, -0.05) is 36.4 Å². The van der Waals surface area contributed by atoms with E-state index in [-0.39, 0.29) is 17.7 Å². The van der Waals surface area contributed by atoms with Gasteiger partial charge in [0.2, 0.25) is 11.8 Å². The van der Waals surface area contributed by atoms with Crippen molar-refractivity contribution in [3.05, 3.63) is 76.8 Å². The van der Waals surface area contributed by atoms with Gasteiger partial charge in [0.15, 0.2) is 5.13 Å². The number of anilines is 2. The first-order valence-electron chi connectivity index (χ1n) is 9.14. The Morgan fingerprint density at radius 3 is 2.61 bits per heavy atom. The zero-order valence-electron chi connectivity index (χ0n) is 15.7. The number of nitrogens with zero attached hydrogens (tertiary/aromatic N) is 1. The first-order chi connectivity index (χ1) is 13.5. The lowest BCUT2D eigenvalue weighted by Crippen LogP contribution is -2.37. The minimum Gasteiger partial charge on any atom is -0.326 e. The third kappa shape index (κ3) is 3.31. The van der Waals surface area contributed by atoms with Gasteiger partial charge in [0.1, 0.15) is 0 Å². The summed E-state index contributed by atoms with van der Waals surface area (Å²) in [4.78, 5) is 29.0. The second-order valence-electron chi connectivity index (χ2n) is 7.32. The summed E-state index contributed by atoms with van der Waals surface area (Å²) in [6, 6.07) is 16.0. The normalized spacial score (nSPS) is 20.4. The summed E-state index contributed by atoms with van der Waals surface area (Å²) in [5.74, 6) is -0.274. The van der Waals surface area contributed by atoms with Gasteiger partial charge in [0, 0.05) is 30.1 Å². The van der Waals surface area contributed by atoms with Gasteiger partial charge in [-0.2, -0.15) is 0 Å². The fourth-order valence-electron chi connectivity index (χ4n) is 4.08. The monoisotopic (exact) mass is 391 g/mol. The Kier molecular flexibility index (Phi) is 4.73. The highest BCUT2D eigenvalue weighted by Gasteiger charge is 2.49. The molecule has 4 rings (SSSR count). The van der Waals surface area contributed by atoms with Crippen molar-refractivity contribution in [2.45, 2.75) is 26.2 Å². The molecule has 2 atom stereocenters.